The number of aryl methyl sites for hydroxylation is 1. The quantitative estimate of drug-likeness (QED) is 0.686. The summed E-state index contributed by atoms with van der Waals surface area (Å²) in [5.41, 5.74) is 3.73. The van der Waals surface area contributed by atoms with E-state index in [0.29, 0.717) is 17.8 Å². The molecule has 0 saturated carbocycles. The molecule has 29 heavy (non-hydrogen) atoms. The zero-order valence-electron chi connectivity index (χ0n) is 16.2. The lowest BCUT2D eigenvalue weighted by Crippen LogP contribution is -2.29. The number of anilines is 2. The Morgan fingerprint density at radius 2 is 1.72 bits per heavy atom. The van der Waals surface area contributed by atoms with Gasteiger partial charge in [0.2, 0.25) is 10.0 Å². The Balaban J connectivity index is 1.87. The fraction of sp³-hybridized carbons (Fsp3) is 0.316. The van der Waals surface area contributed by atoms with Crippen molar-refractivity contribution in [2.24, 2.45) is 0 Å². The molecule has 156 valence electrons. The van der Waals surface area contributed by atoms with E-state index in [0.717, 1.165) is 27.4 Å². The van der Waals surface area contributed by atoms with Gasteiger partial charge in [0, 0.05) is 0 Å². The average molecular weight is 438 g/mol. The molecule has 10 heteroatoms. The van der Waals surface area contributed by atoms with E-state index in [2.05, 4.69) is 4.72 Å². The van der Waals surface area contributed by atoms with Gasteiger partial charge in [0.25, 0.3) is 5.91 Å². The van der Waals surface area contributed by atoms with Crippen molar-refractivity contribution in [2.45, 2.75) is 26.7 Å². The number of nitrogens with one attached hydrogen (secondary N) is 2. The first kappa shape index (κ1) is 21.1. The number of amides is 1. The molecule has 0 aliphatic carbocycles. The number of carbonyl (C=O) groups is 1. The third kappa shape index (κ3) is 4.88. The number of nitrogens with zero attached hydrogens (tertiary/aromatic N) is 1. The highest BCUT2D eigenvalue weighted by molar-refractivity contribution is 7.92. The zero-order chi connectivity index (χ0) is 21.2. The molecule has 1 fully saturated rings. The topological polar surface area (TPSA) is 113 Å². The molecular formula is C19H23N3O5S2. The third-order valence-electron chi connectivity index (χ3n) is 4.66. The van der Waals surface area contributed by atoms with Gasteiger partial charge in [-0.3, -0.25) is 9.52 Å². The van der Waals surface area contributed by atoms with Crippen LogP contribution >= 0.6 is 0 Å². The molecule has 0 atom stereocenters. The highest BCUT2D eigenvalue weighted by atomic mass is 32.2. The lowest BCUT2D eigenvalue weighted by Gasteiger charge is -2.16. The molecular weight excluding hydrogens is 414 g/mol. The molecule has 1 amide bonds. The number of benzene rings is 2. The van der Waals surface area contributed by atoms with Crippen molar-refractivity contribution in [3.05, 3.63) is 59.2 Å². The van der Waals surface area contributed by atoms with Crippen molar-refractivity contribution < 1.29 is 21.6 Å². The molecule has 2 aromatic carbocycles. The number of rotatable bonds is 7. The van der Waals surface area contributed by atoms with Crippen molar-refractivity contribution in [3.63, 3.8) is 0 Å². The fourth-order valence-corrected chi connectivity index (χ4v) is 4.86. The molecule has 2 N–H and O–H groups in total. The van der Waals surface area contributed by atoms with E-state index in [4.69, 9.17) is 0 Å². The zero-order valence-corrected chi connectivity index (χ0v) is 17.8. The molecule has 2 aromatic rings. The Kier molecular flexibility index (Phi) is 5.85. The molecule has 0 radical (unpaired) electrons. The Morgan fingerprint density at radius 3 is 2.28 bits per heavy atom. The predicted octanol–water partition coefficient (Wildman–Crippen LogP) is 1.78. The van der Waals surface area contributed by atoms with Gasteiger partial charge in [0.1, 0.15) is 6.54 Å². The van der Waals surface area contributed by atoms with Crippen molar-refractivity contribution in [2.75, 3.05) is 21.3 Å². The molecule has 1 heterocycles. The van der Waals surface area contributed by atoms with E-state index in [1.165, 1.54) is 0 Å². The lowest BCUT2D eigenvalue weighted by molar-refractivity contribution is -0.117. The molecule has 3 rings (SSSR count). The maximum Gasteiger partial charge on any atom is 0.326 e. The monoisotopic (exact) mass is 437 g/mol. The van der Waals surface area contributed by atoms with Gasteiger partial charge < -0.3 is 0 Å². The van der Waals surface area contributed by atoms with Gasteiger partial charge in [0.15, 0.2) is 0 Å². The van der Waals surface area contributed by atoms with Gasteiger partial charge in [-0.25, -0.2) is 17.4 Å². The normalized spacial score (nSPS) is 15.9. The highest BCUT2D eigenvalue weighted by Crippen LogP contribution is 2.25. The maximum absolute atomic E-state index is 12.0. The summed E-state index contributed by atoms with van der Waals surface area (Å²) >= 11 is 0. The van der Waals surface area contributed by atoms with E-state index in [1.807, 2.05) is 23.8 Å². The van der Waals surface area contributed by atoms with Gasteiger partial charge in [0.05, 0.1) is 17.1 Å². The van der Waals surface area contributed by atoms with Crippen LogP contribution in [0.3, 0.4) is 0 Å². The van der Waals surface area contributed by atoms with Crippen molar-refractivity contribution in [1.29, 1.82) is 0 Å². The smallest absolute Gasteiger partial charge is 0.283 e. The Morgan fingerprint density at radius 1 is 1.07 bits per heavy atom. The van der Waals surface area contributed by atoms with Crippen molar-refractivity contribution in [3.8, 4) is 0 Å². The molecule has 0 unspecified atom stereocenters. The predicted molar refractivity (Wildman–Crippen MR) is 113 cm³/mol. The van der Waals surface area contributed by atoms with Gasteiger partial charge >= 0.3 is 10.2 Å². The number of carbonyl (C=O) groups excluding carboxylic acids is 1. The molecule has 0 bridgehead atoms. The van der Waals surface area contributed by atoms with Crippen LogP contribution in [0.2, 0.25) is 0 Å². The van der Waals surface area contributed by atoms with E-state index >= 15 is 0 Å². The van der Waals surface area contributed by atoms with Crippen LogP contribution in [-0.2, 0) is 37.9 Å². The van der Waals surface area contributed by atoms with E-state index in [-0.39, 0.29) is 12.3 Å². The van der Waals surface area contributed by atoms with E-state index in [1.54, 1.807) is 37.3 Å². The summed E-state index contributed by atoms with van der Waals surface area (Å²) in [6, 6.07) is 12.4. The van der Waals surface area contributed by atoms with Crippen LogP contribution in [0.15, 0.2) is 42.5 Å². The summed E-state index contributed by atoms with van der Waals surface area (Å²) in [6.45, 7) is 3.35. The molecule has 1 aliphatic heterocycles. The SMILES string of the molecule is CCc1ccc(NS(=O)(=O)CC)c(Cc2ccc(N3CC(=O)NS3(=O)=O)cc2)c1. The van der Waals surface area contributed by atoms with Crippen molar-refractivity contribution in [1.82, 2.24) is 4.72 Å². The summed E-state index contributed by atoms with van der Waals surface area (Å²) in [5, 5.41) is 0. The summed E-state index contributed by atoms with van der Waals surface area (Å²) in [7, 11) is -7.25. The second-order valence-corrected chi connectivity index (χ2v) is 10.3. The number of hydrogen-bond acceptors (Lipinski definition) is 5. The number of sulfonamides is 1. The van der Waals surface area contributed by atoms with Crippen LogP contribution < -0.4 is 13.7 Å². The van der Waals surface area contributed by atoms with Gasteiger partial charge in [-0.15, -0.1) is 0 Å². The van der Waals surface area contributed by atoms with Crippen LogP contribution in [0, 0.1) is 0 Å². The second kappa shape index (κ2) is 8.03. The molecule has 0 aromatic heterocycles. The minimum Gasteiger partial charge on any atom is -0.283 e. The first-order chi connectivity index (χ1) is 13.6. The Labute approximate surface area is 171 Å². The third-order valence-corrected chi connectivity index (χ3v) is 7.36. The van der Waals surface area contributed by atoms with Crippen LogP contribution in [0.1, 0.15) is 30.5 Å². The molecule has 1 aliphatic rings. The lowest BCUT2D eigenvalue weighted by atomic mass is 10.00. The molecule has 0 spiro atoms. The fourth-order valence-electron chi connectivity index (χ4n) is 3.03. The van der Waals surface area contributed by atoms with Crippen molar-refractivity contribution >= 4 is 37.5 Å². The van der Waals surface area contributed by atoms with Gasteiger partial charge in [-0.05, 0) is 54.7 Å². The van der Waals surface area contributed by atoms with Gasteiger partial charge in [-0.1, -0.05) is 31.2 Å². The van der Waals surface area contributed by atoms with Crippen LogP contribution in [0.5, 0.6) is 0 Å². The first-order valence-electron chi connectivity index (χ1n) is 9.18. The summed E-state index contributed by atoms with van der Waals surface area (Å²) in [4.78, 5) is 11.4. The largest absolute Gasteiger partial charge is 0.326 e. The first-order valence-corrected chi connectivity index (χ1v) is 12.3. The van der Waals surface area contributed by atoms with Gasteiger partial charge in [-0.2, -0.15) is 8.42 Å². The van der Waals surface area contributed by atoms with Crippen LogP contribution in [0.25, 0.3) is 0 Å². The van der Waals surface area contributed by atoms with E-state index < -0.39 is 26.1 Å². The van der Waals surface area contributed by atoms with E-state index in [9.17, 15) is 21.6 Å². The Hall–Kier alpha value is -2.59. The molecule has 8 nitrogen and oxygen atoms in total. The average Bonchev–Trinajstić information content (AvgIpc) is 2.95. The summed E-state index contributed by atoms with van der Waals surface area (Å²) < 4.78 is 53.5. The minimum atomic E-state index is -3.84. The summed E-state index contributed by atoms with van der Waals surface area (Å²) in [5.74, 6) is -0.591. The Bertz CT molecular complexity index is 1130. The standard InChI is InChI=1S/C19H23N3O5S2/c1-3-14-7-10-18(20-28(24,25)4-2)16(11-14)12-15-5-8-17(9-6-15)22-13-19(23)21-29(22,26)27/h5-11,20H,3-4,12-13H2,1-2H3,(H,21,23). The molecule has 1 saturated heterocycles. The summed E-state index contributed by atoms with van der Waals surface area (Å²) in [6.07, 6.45) is 1.29. The van der Waals surface area contributed by atoms with Crippen LogP contribution in [-0.4, -0.2) is 35.0 Å². The maximum atomic E-state index is 12.0. The highest BCUT2D eigenvalue weighted by Gasteiger charge is 2.33. The number of hydrogen-bond donors (Lipinski definition) is 2. The second-order valence-electron chi connectivity index (χ2n) is 6.73. The minimum absolute atomic E-state index is 0.0201. The van der Waals surface area contributed by atoms with Crippen LogP contribution in [0.4, 0.5) is 11.4 Å².